The standard InChI is InChI=1S/C23H19ClN8O/c1-32-19-11-15(3-4-16(19)22(25)31-32)33-20-5-2-14(10-17(20)24)28-21-12-18(29-23(26)30-21)13-6-8-27-9-7-13/h2-12H,1H3,(H2,25,31)(H3,26,28,29,30). The Kier molecular flexibility index (Phi) is 5.15. The second-order valence-corrected chi connectivity index (χ2v) is 7.70. The molecular formula is C23H19ClN8O. The number of rotatable bonds is 5. The maximum atomic E-state index is 6.49. The normalized spacial score (nSPS) is 11.0. The fourth-order valence-corrected chi connectivity index (χ4v) is 3.68. The van der Waals surface area contributed by atoms with E-state index in [1.807, 2.05) is 43.4 Å². The zero-order chi connectivity index (χ0) is 22.9. The van der Waals surface area contributed by atoms with E-state index in [9.17, 15) is 0 Å². The third-order valence-corrected chi connectivity index (χ3v) is 5.30. The van der Waals surface area contributed by atoms with Crippen molar-refractivity contribution in [1.29, 1.82) is 0 Å². The van der Waals surface area contributed by atoms with Gasteiger partial charge in [-0.1, -0.05) is 11.6 Å². The van der Waals surface area contributed by atoms with Crippen molar-refractivity contribution in [3.8, 4) is 22.8 Å². The molecule has 5 aromatic rings. The van der Waals surface area contributed by atoms with Crippen molar-refractivity contribution < 1.29 is 4.74 Å². The number of nitrogen functional groups attached to an aromatic ring is 2. The van der Waals surface area contributed by atoms with Gasteiger partial charge < -0.3 is 21.5 Å². The summed E-state index contributed by atoms with van der Waals surface area (Å²) < 4.78 is 7.70. The molecule has 0 aliphatic heterocycles. The third-order valence-electron chi connectivity index (χ3n) is 5.00. The van der Waals surface area contributed by atoms with Crippen LogP contribution in [0.4, 0.5) is 23.3 Å². The maximum absolute atomic E-state index is 6.49. The molecule has 10 heteroatoms. The summed E-state index contributed by atoms with van der Waals surface area (Å²) in [4.78, 5) is 12.6. The van der Waals surface area contributed by atoms with Gasteiger partial charge in [-0.05, 0) is 42.5 Å². The SMILES string of the molecule is Cn1nc(N)c2ccc(Oc3ccc(Nc4cc(-c5ccncc5)nc(N)n4)cc3Cl)cc21. The Labute approximate surface area is 194 Å². The number of hydrogen-bond acceptors (Lipinski definition) is 8. The summed E-state index contributed by atoms with van der Waals surface area (Å²) in [7, 11) is 1.83. The first-order chi connectivity index (χ1) is 16.0. The van der Waals surface area contributed by atoms with Crippen LogP contribution < -0.4 is 21.5 Å². The van der Waals surface area contributed by atoms with Crippen molar-refractivity contribution in [3.63, 3.8) is 0 Å². The smallest absolute Gasteiger partial charge is 0.222 e. The van der Waals surface area contributed by atoms with Gasteiger partial charge >= 0.3 is 0 Å². The summed E-state index contributed by atoms with van der Waals surface area (Å²) >= 11 is 6.49. The molecule has 0 radical (unpaired) electrons. The van der Waals surface area contributed by atoms with Gasteiger partial charge in [0.15, 0.2) is 5.82 Å². The molecule has 3 heterocycles. The number of aromatic nitrogens is 5. The maximum Gasteiger partial charge on any atom is 0.222 e. The zero-order valence-corrected chi connectivity index (χ0v) is 18.3. The average Bonchev–Trinajstić information content (AvgIpc) is 3.09. The number of nitrogens with one attached hydrogen (secondary N) is 1. The van der Waals surface area contributed by atoms with Gasteiger partial charge in [-0.2, -0.15) is 10.1 Å². The lowest BCUT2D eigenvalue weighted by atomic mass is 10.2. The minimum Gasteiger partial charge on any atom is -0.456 e. The van der Waals surface area contributed by atoms with E-state index in [4.69, 9.17) is 27.8 Å². The van der Waals surface area contributed by atoms with Crippen LogP contribution in [0.25, 0.3) is 22.2 Å². The van der Waals surface area contributed by atoms with Gasteiger partial charge in [0, 0.05) is 48.2 Å². The first-order valence-electron chi connectivity index (χ1n) is 9.98. The lowest BCUT2D eigenvalue weighted by Crippen LogP contribution is -2.01. The highest BCUT2D eigenvalue weighted by molar-refractivity contribution is 6.32. The number of benzene rings is 2. The van der Waals surface area contributed by atoms with Gasteiger partial charge in [0.05, 0.1) is 16.2 Å². The monoisotopic (exact) mass is 458 g/mol. The van der Waals surface area contributed by atoms with Gasteiger partial charge in [0.25, 0.3) is 0 Å². The number of hydrogen-bond donors (Lipinski definition) is 3. The van der Waals surface area contributed by atoms with Crippen LogP contribution in [0.5, 0.6) is 11.5 Å². The van der Waals surface area contributed by atoms with Gasteiger partial charge in [-0.3, -0.25) is 9.67 Å². The molecule has 0 aliphatic carbocycles. The summed E-state index contributed by atoms with van der Waals surface area (Å²) in [5, 5.41) is 8.73. The molecular weight excluding hydrogens is 440 g/mol. The molecule has 9 nitrogen and oxygen atoms in total. The summed E-state index contributed by atoms with van der Waals surface area (Å²) in [6.07, 6.45) is 3.39. The van der Waals surface area contributed by atoms with Crippen molar-refractivity contribution in [2.75, 3.05) is 16.8 Å². The van der Waals surface area contributed by atoms with E-state index in [2.05, 4.69) is 25.4 Å². The molecule has 3 aromatic heterocycles. The van der Waals surface area contributed by atoms with Crippen molar-refractivity contribution in [3.05, 3.63) is 72.0 Å². The molecule has 0 spiro atoms. The summed E-state index contributed by atoms with van der Waals surface area (Å²) in [6, 6.07) is 16.4. The predicted octanol–water partition coefficient (Wildman–Crippen LogP) is 4.78. The van der Waals surface area contributed by atoms with E-state index in [1.54, 1.807) is 35.3 Å². The molecule has 0 saturated heterocycles. The molecule has 0 bridgehead atoms. The van der Waals surface area contributed by atoms with Gasteiger partial charge in [0.2, 0.25) is 5.95 Å². The second kappa shape index (κ2) is 8.29. The van der Waals surface area contributed by atoms with Gasteiger partial charge in [-0.15, -0.1) is 0 Å². The number of pyridine rings is 1. The Morgan fingerprint density at radius 3 is 2.58 bits per heavy atom. The lowest BCUT2D eigenvalue weighted by molar-refractivity contribution is 0.483. The molecule has 0 aliphatic rings. The van der Waals surface area contributed by atoms with Gasteiger partial charge in [0.1, 0.15) is 17.3 Å². The molecule has 0 amide bonds. The number of halogens is 1. The van der Waals surface area contributed by atoms with E-state index in [0.717, 1.165) is 22.2 Å². The van der Waals surface area contributed by atoms with E-state index in [1.165, 1.54) is 0 Å². The molecule has 0 saturated carbocycles. The molecule has 5 N–H and O–H groups in total. The molecule has 2 aromatic carbocycles. The zero-order valence-electron chi connectivity index (χ0n) is 17.5. The summed E-state index contributed by atoms with van der Waals surface area (Å²) in [5.41, 5.74) is 15.0. The first kappa shape index (κ1) is 20.5. The molecule has 0 unspecified atom stereocenters. The Morgan fingerprint density at radius 2 is 1.79 bits per heavy atom. The molecule has 5 rings (SSSR count). The van der Waals surface area contributed by atoms with E-state index in [-0.39, 0.29) is 5.95 Å². The van der Waals surface area contributed by atoms with Crippen LogP contribution in [0.3, 0.4) is 0 Å². The van der Waals surface area contributed by atoms with Crippen LogP contribution in [0.2, 0.25) is 5.02 Å². The summed E-state index contributed by atoms with van der Waals surface area (Å²) in [6.45, 7) is 0. The highest BCUT2D eigenvalue weighted by Gasteiger charge is 2.11. The van der Waals surface area contributed by atoms with Gasteiger partial charge in [-0.25, -0.2) is 4.98 Å². The second-order valence-electron chi connectivity index (χ2n) is 7.29. The van der Waals surface area contributed by atoms with E-state index < -0.39 is 0 Å². The Morgan fingerprint density at radius 1 is 0.970 bits per heavy atom. The largest absolute Gasteiger partial charge is 0.456 e. The first-order valence-corrected chi connectivity index (χ1v) is 10.4. The number of ether oxygens (including phenoxy) is 1. The lowest BCUT2D eigenvalue weighted by Gasteiger charge is -2.12. The fraction of sp³-hybridized carbons (Fsp3) is 0.0435. The van der Waals surface area contributed by atoms with Crippen molar-refractivity contribution in [2.45, 2.75) is 0 Å². The van der Waals surface area contributed by atoms with Crippen molar-refractivity contribution in [2.24, 2.45) is 7.05 Å². The minimum absolute atomic E-state index is 0.157. The number of fused-ring (bicyclic) bond motifs is 1. The quantitative estimate of drug-likeness (QED) is 0.343. The van der Waals surface area contributed by atoms with Crippen LogP contribution in [-0.2, 0) is 7.05 Å². The fourth-order valence-electron chi connectivity index (χ4n) is 3.47. The third kappa shape index (κ3) is 4.21. The van der Waals surface area contributed by atoms with Crippen LogP contribution in [0, 0.1) is 0 Å². The number of anilines is 4. The molecule has 164 valence electrons. The predicted molar refractivity (Wildman–Crippen MR) is 130 cm³/mol. The number of nitrogens with zero attached hydrogens (tertiary/aromatic N) is 5. The average molecular weight is 459 g/mol. The summed E-state index contributed by atoms with van der Waals surface area (Å²) in [5.74, 6) is 2.31. The highest BCUT2D eigenvalue weighted by Crippen LogP contribution is 2.34. The topological polar surface area (TPSA) is 130 Å². The molecule has 0 atom stereocenters. The minimum atomic E-state index is 0.157. The van der Waals surface area contributed by atoms with Crippen LogP contribution in [-0.4, -0.2) is 24.7 Å². The molecule has 33 heavy (non-hydrogen) atoms. The highest BCUT2D eigenvalue weighted by atomic mass is 35.5. The van der Waals surface area contributed by atoms with Crippen LogP contribution in [0.1, 0.15) is 0 Å². The van der Waals surface area contributed by atoms with E-state index in [0.29, 0.717) is 33.9 Å². The van der Waals surface area contributed by atoms with E-state index >= 15 is 0 Å². The molecule has 0 fully saturated rings. The Balaban J connectivity index is 1.37. The Bertz CT molecular complexity index is 1470. The Hall–Kier alpha value is -4.37. The number of nitrogens with two attached hydrogens (primary N) is 2. The van der Waals surface area contributed by atoms with Crippen LogP contribution in [0.15, 0.2) is 67.0 Å². The number of aryl methyl sites for hydroxylation is 1. The van der Waals surface area contributed by atoms with Crippen molar-refractivity contribution in [1.82, 2.24) is 24.7 Å². The van der Waals surface area contributed by atoms with Crippen LogP contribution >= 0.6 is 11.6 Å². The van der Waals surface area contributed by atoms with Crippen molar-refractivity contribution >= 4 is 45.8 Å².